The zero-order valence-corrected chi connectivity index (χ0v) is 16.0. The lowest BCUT2D eigenvalue weighted by molar-refractivity contribution is -0.384. The number of carbonyl (C=O) groups is 2. The van der Waals surface area contributed by atoms with E-state index in [0.29, 0.717) is 18.5 Å². The minimum Gasteiger partial charge on any atom is -0.367 e. The lowest BCUT2D eigenvalue weighted by Gasteiger charge is -2.54. The Bertz CT molecular complexity index is 917. The number of benzene rings is 1. The van der Waals surface area contributed by atoms with Crippen molar-refractivity contribution in [3.05, 3.63) is 46.5 Å². The number of non-ortho nitro benzene ring substituents is 1. The van der Waals surface area contributed by atoms with Crippen molar-refractivity contribution in [1.29, 1.82) is 0 Å². The molecule has 0 saturated carbocycles. The molecule has 0 bridgehead atoms. The Labute approximate surface area is 167 Å². The van der Waals surface area contributed by atoms with Gasteiger partial charge in [0.05, 0.1) is 11.0 Å². The van der Waals surface area contributed by atoms with E-state index in [0.717, 1.165) is 18.5 Å². The highest BCUT2D eigenvalue weighted by Gasteiger charge is 2.61. The molecule has 0 unspecified atom stereocenters. The van der Waals surface area contributed by atoms with Crippen LogP contribution in [0.3, 0.4) is 0 Å². The second kappa shape index (κ2) is 6.66. The normalized spacial score (nSPS) is 26.6. The van der Waals surface area contributed by atoms with E-state index in [2.05, 4.69) is 16.8 Å². The Hall–Kier alpha value is -2.81. The van der Waals surface area contributed by atoms with Crippen molar-refractivity contribution in [3.63, 3.8) is 0 Å². The Morgan fingerprint density at radius 2 is 2.18 bits per heavy atom. The number of nitro groups is 1. The Balaban J connectivity index is 1.88. The van der Waals surface area contributed by atoms with E-state index in [1.165, 1.54) is 17.0 Å². The van der Waals surface area contributed by atoms with Crippen LogP contribution >= 0.6 is 12.2 Å². The molecule has 2 saturated heterocycles. The molecule has 0 aromatic heterocycles. The molecule has 3 aliphatic heterocycles. The summed E-state index contributed by atoms with van der Waals surface area (Å²) in [5.74, 6) is -0.771. The monoisotopic (exact) mass is 400 g/mol. The van der Waals surface area contributed by atoms with E-state index in [1.807, 2.05) is 0 Å². The summed E-state index contributed by atoms with van der Waals surface area (Å²) >= 11 is 5.20. The summed E-state index contributed by atoms with van der Waals surface area (Å²) < 4.78 is 0. The number of anilines is 1. The zero-order chi connectivity index (χ0) is 20.1. The predicted octanol–water partition coefficient (Wildman–Crippen LogP) is 1.93. The third kappa shape index (κ3) is 2.53. The van der Waals surface area contributed by atoms with Gasteiger partial charge in [0.25, 0.3) is 5.69 Å². The van der Waals surface area contributed by atoms with E-state index in [9.17, 15) is 19.7 Å². The standard InChI is InChI=1S/C19H20N4O4S/c1-2-8-22-17(25)19(16(24)20-18(22)28)11-12-10-13(23(26)27)6-7-14(12)21-9-4-3-5-15(19)21/h2,6-7,10,15H,1,3-5,8-9,11H2,(H,20,24,28)/t15-,19+/m1/s1. The fourth-order valence-corrected chi connectivity index (χ4v) is 4.96. The first-order valence-corrected chi connectivity index (χ1v) is 9.63. The molecule has 0 aliphatic carbocycles. The summed E-state index contributed by atoms with van der Waals surface area (Å²) in [4.78, 5) is 41.0. The molecule has 0 radical (unpaired) electrons. The Morgan fingerprint density at radius 1 is 1.39 bits per heavy atom. The molecule has 4 rings (SSSR count). The third-order valence-electron chi connectivity index (χ3n) is 5.93. The quantitative estimate of drug-likeness (QED) is 0.274. The van der Waals surface area contributed by atoms with Crippen molar-refractivity contribution in [1.82, 2.24) is 10.2 Å². The molecule has 28 heavy (non-hydrogen) atoms. The van der Waals surface area contributed by atoms with Crippen LogP contribution in [0.15, 0.2) is 30.9 Å². The molecular weight excluding hydrogens is 380 g/mol. The van der Waals surface area contributed by atoms with Crippen LogP contribution in [0.5, 0.6) is 0 Å². The highest BCUT2D eigenvalue weighted by atomic mass is 32.1. The topological polar surface area (TPSA) is 95.8 Å². The molecule has 1 spiro atoms. The van der Waals surface area contributed by atoms with Crippen LogP contribution in [-0.2, 0) is 16.0 Å². The van der Waals surface area contributed by atoms with Gasteiger partial charge in [-0.3, -0.25) is 24.6 Å². The lowest BCUT2D eigenvalue weighted by Crippen LogP contribution is -2.72. The Kier molecular flexibility index (Phi) is 4.41. The molecule has 2 amide bonds. The second-order valence-corrected chi connectivity index (χ2v) is 7.77. The molecular formula is C19H20N4O4S. The number of piperidine rings is 1. The number of nitrogens with one attached hydrogen (secondary N) is 1. The van der Waals surface area contributed by atoms with Crippen molar-refractivity contribution in [2.24, 2.45) is 5.41 Å². The van der Waals surface area contributed by atoms with E-state index >= 15 is 0 Å². The molecule has 2 fully saturated rings. The number of nitrogens with zero attached hydrogens (tertiary/aromatic N) is 3. The second-order valence-electron chi connectivity index (χ2n) is 7.39. The maximum Gasteiger partial charge on any atom is 0.269 e. The lowest BCUT2D eigenvalue weighted by atomic mass is 9.66. The van der Waals surface area contributed by atoms with Gasteiger partial charge in [-0.05, 0) is 43.1 Å². The van der Waals surface area contributed by atoms with Crippen LogP contribution in [0.25, 0.3) is 0 Å². The summed E-state index contributed by atoms with van der Waals surface area (Å²) in [5, 5.41) is 14.0. The van der Waals surface area contributed by atoms with Crippen molar-refractivity contribution >= 4 is 40.5 Å². The highest BCUT2D eigenvalue weighted by Crippen LogP contribution is 2.48. The maximum atomic E-state index is 13.6. The molecule has 1 aromatic carbocycles. The van der Waals surface area contributed by atoms with Crippen LogP contribution in [-0.4, -0.2) is 45.9 Å². The fourth-order valence-electron chi connectivity index (χ4n) is 4.71. The van der Waals surface area contributed by atoms with E-state index in [-0.39, 0.29) is 35.7 Å². The number of hydrogen-bond acceptors (Lipinski definition) is 6. The van der Waals surface area contributed by atoms with Crippen molar-refractivity contribution in [2.75, 3.05) is 18.0 Å². The summed E-state index contributed by atoms with van der Waals surface area (Å²) in [6.07, 6.45) is 4.23. The molecule has 3 heterocycles. The van der Waals surface area contributed by atoms with Crippen LogP contribution in [0, 0.1) is 15.5 Å². The number of nitro benzene ring substituents is 1. The van der Waals surface area contributed by atoms with Crippen LogP contribution in [0.1, 0.15) is 24.8 Å². The van der Waals surface area contributed by atoms with Gasteiger partial charge in [-0.15, -0.1) is 6.58 Å². The molecule has 2 atom stereocenters. The summed E-state index contributed by atoms with van der Waals surface area (Å²) in [6.45, 7) is 4.57. The first-order chi connectivity index (χ1) is 13.4. The van der Waals surface area contributed by atoms with E-state index in [4.69, 9.17) is 12.2 Å². The predicted molar refractivity (Wildman–Crippen MR) is 107 cm³/mol. The first kappa shape index (κ1) is 18.5. The smallest absolute Gasteiger partial charge is 0.269 e. The molecule has 146 valence electrons. The van der Waals surface area contributed by atoms with Crippen LogP contribution in [0.2, 0.25) is 0 Å². The van der Waals surface area contributed by atoms with Gasteiger partial charge in [-0.2, -0.15) is 0 Å². The number of fused-ring (bicyclic) bond motifs is 4. The molecule has 9 heteroatoms. The average molecular weight is 400 g/mol. The SMILES string of the molecule is C=CCN1C(=O)[C@]2(Cc3cc([N+](=O)[O-])ccc3N3CCCC[C@@H]32)C(=O)NC1=S. The minimum absolute atomic E-state index is 0.0495. The van der Waals surface area contributed by atoms with Crippen molar-refractivity contribution in [2.45, 2.75) is 31.7 Å². The van der Waals surface area contributed by atoms with Gasteiger partial charge in [0.15, 0.2) is 10.5 Å². The van der Waals surface area contributed by atoms with Gasteiger partial charge < -0.3 is 10.2 Å². The van der Waals surface area contributed by atoms with Gasteiger partial charge in [0.1, 0.15) is 0 Å². The van der Waals surface area contributed by atoms with Crippen LogP contribution < -0.4 is 10.2 Å². The van der Waals surface area contributed by atoms with Gasteiger partial charge in [0.2, 0.25) is 11.8 Å². The number of hydrogen-bond donors (Lipinski definition) is 1. The summed E-state index contributed by atoms with van der Waals surface area (Å²) in [5.41, 5.74) is 0.104. The average Bonchev–Trinajstić information content (AvgIpc) is 2.69. The van der Waals surface area contributed by atoms with Gasteiger partial charge in [-0.25, -0.2) is 0 Å². The molecule has 8 nitrogen and oxygen atoms in total. The Morgan fingerprint density at radius 3 is 2.89 bits per heavy atom. The summed E-state index contributed by atoms with van der Waals surface area (Å²) in [7, 11) is 0. The van der Waals surface area contributed by atoms with Gasteiger partial charge in [0, 0.05) is 37.3 Å². The number of carbonyl (C=O) groups excluding carboxylic acids is 2. The van der Waals surface area contributed by atoms with Crippen molar-refractivity contribution in [3.8, 4) is 0 Å². The number of amides is 2. The fraction of sp³-hybridized carbons (Fsp3) is 0.421. The molecule has 1 aromatic rings. The molecule has 3 aliphatic rings. The largest absolute Gasteiger partial charge is 0.367 e. The number of rotatable bonds is 3. The molecule has 1 N–H and O–H groups in total. The summed E-state index contributed by atoms with van der Waals surface area (Å²) in [6, 6.07) is 4.38. The van der Waals surface area contributed by atoms with Crippen molar-refractivity contribution < 1.29 is 14.5 Å². The van der Waals surface area contributed by atoms with E-state index in [1.54, 1.807) is 12.1 Å². The van der Waals surface area contributed by atoms with E-state index < -0.39 is 16.2 Å². The first-order valence-electron chi connectivity index (χ1n) is 9.22. The van der Waals surface area contributed by atoms with Crippen LogP contribution in [0.4, 0.5) is 11.4 Å². The van der Waals surface area contributed by atoms with Gasteiger partial charge in [-0.1, -0.05) is 6.08 Å². The van der Waals surface area contributed by atoms with Gasteiger partial charge >= 0.3 is 0 Å². The zero-order valence-electron chi connectivity index (χ0n) is 15.2. The number of thiocarbonyl (C=S) groups is 1. The maximum absolute atomic E-state index is 13.6. The highest BCUT2D eigenvalue weighted by molar-refractivity contribution is 7.80. The minimum atomic E-state index is -1.35. The third-order valence-corrected chi connectivity index (χ3v) is 6.26.